The zero-order valence-electron chi connectivity index (χ0n) is 14.2. The monoisotopic (exact) mass is 345 g/mol. The second kappa shape index (κ2) is 8.74. The summed E-state index contributed by atoms with van der Waals surface area (Å²) in [6.45, 7) is 2.05. The summed E-state index contributed by atoms with van der Waals surface area (Å²) >= 11 is 0. The molecule has 0 radical (unpaired) electrons. The maximum Gasteiger partial charge on any atom is 0.162 e. The Morgan fingerprint density at radius 2 is 1.75 bits per heavy atom. The van der Waals surface area contributed by atoms with E-state index in [1.54, 1.807) is 7.11 Å². The fourth-order valence-corrected chi connectivity index (χ4v) is 3.15. The molecule has 1 fully saturated rings. The minimum atomic E-state index is 0. The van der Waals surface area contributed by atoms with E-state index in [0.29, 0.717) is 6.10 Å². The molecule has 0 bridgehead atoms. The van der Waals surface area contributed by atoms with Crippen LogP contribution in [0.25, 0.3) is 5.57 Å². The summed E-state index contributed by atoms with van der Waals surface area (Å²) in [5.41, 5.74) is 3.46. The molecule has 0 spiro atoms. The van der Waals surface area contributed by atoms with Gasteiger partial charge in [0.25, 0.3) is 0 Å². The summed E-state index contributed by atoms with van der Waals surface area (Å²) in [6.07, 6.45) is 10.8. The molecule has 3 nitrogen and oxygen atoms in total. The number of ether oxygens (including phenoxy) is 2. The van der Waals surface area contributed by atoms with Crippen LogP contribution in [0.4, 0.5) is 0 Å². The molecule has 0 aliphatic heterocycles. The highest BCUT2D eigenvalue weighted by atomic mass is 35.5. The van der Waals surface area contributed by atoms with Crippen molar-refractivity contribution in [3.8, 4) is 11.5 Å². The van der Waals surface area contributed by atoms with Crippen LogP contribution in [0, 0.1) is 0 Å². The van der Waals surface area contributed by atoms with E-state index in [1.807, 2.05) is 30.6 Å². The van der Waals surface area contributed by atoms with E-state index in [-0.39, 0.29) is 12.4 Å². The van der Waals surface area contributed by atoms with E-state index in [9.17, 15) is 0 Å². The Labute approximate surface area is 150 Å². The molecule has 0 amide bonds. The van der Waals surface area contributed by atoms with Crippen molar-refractivity contribution in [3.05, 3.63) is 59.9 Å². The van der Waals surface area contributed by atoms with Crippen molar-refractivity contribution < 1.29 is 9.47 Å². The Morgan fingerprint density at radius 1 is 1.04 bits per heavy atom. The van der Waals surface area contributed by atoms with Gasteiger partial charge >= 0.3 is 0 Å². The number of benzene rings is 1. The predicted octanol–water partition coefficient (Wildman–Crippen LogP) is 5.29. The minimum Gasteiger partial charge on any atom is -0.493 e. The molecule has 4 heteroatoms. The van der Waals surface area contributed by atoms with E-state index in [1.165, 1.54) is 18.4 Å². The van der Waals surface area contributed by atoms with Gasteiger partial charge in [-0.25, -0.2) is 0 Å². The van der Waals surface area contributed by atoms with E-state index in [2.05, 4.69) is 30.1 Å². The molecule has 1 aliphatic carbocycles. The number of nitrogens with zero attached hydrogens (tertiary/aromatic N) is 1. The molecule has 0 N–H and O–H groups in total. The minimum absolute atomic E-state index is 0. The lowest BCUT2D eigenvalue weighted by molar-refractivity contribution is 0.201. The van der Waals surface area contributed by atoms with Gasteiger partial charge in [0, 0.05) is 12.4 Å². The molecule has 0 saturated heterocycles. The fourth-order valence-electron chi connectivity index (χ4n) is 3.15. The highest BCUT2D eigenvalue weighted by Gasteiger charge is 2.19. The van der Waals surface area contributed by atoms with Crippen molar-refractivity contribution in [2.75, 3.05) is 7.11 Å². The first-order valence-electron chi connectivity index (χ1n) is 8.23. The lowest BCUT2D eigenvalue weighted by Crippen LogP contribution is -2.11. The second-order valence-electron chi connectivity index (χ2n) is 5.83. The zero-order valence-corrected chi connectivity index (χ0v) is 15.0. The van der Waals surface area contributed by atoms with Crippen molar-refractivity contribution in [3.63, 3.8) is 0 Å². The number of hydrogen-bond donors (Lipinski definition) is 0. The number of methoxy groups -OCH3 is 1. The van der Waals surface area contributed by atoms with Crippen LogP contribution in [0.5, 0.6) is 11.5 Å². The number of rotatable bonds is 5. The molecular weight excluding hydrogens is 322 g/mol. The average molecular weight is 346 g/mol. The van der Waals surface area contributed by atoms with Gasteiger partial charge in [-0.3, -0.25) is 4.98 Å². The highest BCUT2D eigenvalue weighted by Crippen LogP contribution is 2.35. The van der Waals surface area contributed by atoms with Gasteiger partial charge in [0.15, 0.2) is 11.5 Å². The molecule has 1 aromatic carbocycles. The van der Waals surface area contributed by atoms with Crippen molar-refractivity contribution in [2.45, 2.75) is 38.7 Å². The Bertz CT molecular complexity index is 679. The molecule has 1 aliphatic rings. The second-order valence-corrected chi connectivity index (χ2v) is 5.83. The van der Waals surface area contributed by atoms with Crippen LogP contribution < -0.4 is 9.47 Å². The first kappa shape index (κ1) is 18.3. The summed E-state index contributed by atoms with van der Waals surface area (Å²) in [7, 11) is 1.69. The normalized spacial score (nSPS) is 15.0. The Balaban J connectivity index is 0.00000208. The summed E-state index contributed by atoms with van der Waals surface area (Å²) in [5, 5.41) is 0. The van der Waals surface area contributed by atoms with Gasteiger partial charge in [0.1, 0.15) is 0 Å². The molecule has 3 rings (SSSR count). The quantitative estimate of drug-likeness (QED) is 0.738. The van der Waals surface area contributed by atoms with Crippen LogP contribution in [0.2, 0.25) is 0 Å². The van der Waals surface area contributed by atoms with Gasteiger partial charge in [0.05, 0.1) is 13.2 Å². The summed E-state index contributed by atoms with van der Waals surface area (Å²) in [4.78, 5) is 4.10. The summed E-state index contributed by atoms with van der Waals surface area (Å²) < 4.78 is 11.7. The lowest BCUT2D eigenvalue weighted by Gasteiger charge is -2.17. The Kier molecular flexibility index (Phi) is 6.68. The first-order chi connectivity index (χ1) is 11.3. The number of hydrogen-bond acceptors (Lipinski definition) is 3. The third-order valence-corrected chi connectivity index (χ3v) is 4.35. The van der Waals surface area contributed by atoms with Gasteiger partial charge in [-0.05, 0) is 73.6 Å². The number of pyridine rings is 1. The Morgan fingerprint density at radius 3 is 2.38 bits per heavy atom. The molecule has 24 heavy (non-hydrogen) atoms. The highest BCUT2D eigenvalue weighted by molar-refractivity contribution is 5.85. The van der Waals surface area contributed by atoms with Crippen LogP contribution in [-0.4, -0.2) is 18.2 Å². The summed E-state index contributed by atoms with van der Waals surface area (Å²) in [5.74, 6) is 1.64. The van der Waals surface area contributed by atoms with Crippen molar-refractivity contribution in [1.29, 1.82) is 0 Å². The maximum absolute atomic E-state index is 6.20. The van der Waals surface area contributed by atoms with E-state index >= 15 is 0 Å². The van der Waals surface area contributed by atoms with Crippen LogP contribution in [0.1, 0.15) is 43.7 Å². The standard InChI is InChI=1S/C20H23NO2.ClH/c1-3-18(15-10-12-21-13-11-15)16-8-9-19(22-2)20(14-16)23-17-6-4-5-7-17;/h3,8-14,17H,4-7H2,1-2H3;1H/b18-3+;. The van der Waals surface area contributed by atoms with Gasteiger partial charge in [-0.15, -0.1) is 12.4 Å². The van der Waals surface area contributed by atoms with Gasteiger partial charge in [0.2, 0.25) is 0 Å². The van der Waals surface area contributed by atoms with Crippen LogP contribution in [-0.2, 0) is 0 Å². The van der Waals surface area contributed by atoms with Crippen LogP contribution in [0.3, 0.4) is 0 Å². The lowest BCUT2D eigenvalue weighted by atomic mass is 9.98. The molecule has 0 atom stereocenters. The molecule has 1 aromatic heterocycles. The molecule has 1 heterocycles. The average Bonchev–Trinajstić information content (AvgIpc) is 3.10. The molecule has 0 unspecified atom stereocenters. The smallest absolute Gasteiger partial charge is 0.162 e. The Hall–Kier alpha value is -2.00. The van der Waals surface area contributed by atoms with Gasteiger partial charge < -0.3 is 9.47 Å². The number of aromatic nitrogens is 1. The zero-order chi connectivity index (χ0) is 16.1. The largest absolute Gasteiger partial charge is 0.493 e. The summed E-state index contributed by atoms with van der Waals surface area (Å²) in [6, 6.07) is 10.2. The topological polar surface area (TPSA) is 31.4 Å². The molecular formula is C20H24ClNO2. The van der Waals surface area contributed by atoms with Crippen molar-refractivity contribution >= 4 is 18.0 Å². The number of allylic oxidation sites excluding steroid dienone is 1. The first-order valence-corrected chi connectivity index (χ1v) is 8.23. The molecule has 1 saturated carbocycles. The molecule has 128 valence electrons. The van der Waals surface area contributed by atoms with Crippen LogP contribution in [0.15, 0.2) is 48.8 Å². The third-order valence-electron chi connectivity index (χ3n) is 4.35. The van der Waals surface area contributed by atoms with Gasteiger partial charge in [-0.2, -0.15) is 0 Å². The molecule has 2 aromatic rings. The fraction of sp³-hybridized carbons (Fsp3) is 0.350. The van der Waals surface area contributed by atoms with E-state index < -0.39 is 0 Å². The van der Waals surface area contributed by atoms with Crippen LogP contribution >= 0.6 is 12.4 Å². The SMILES string of the molecule is C/C=C(\c1ccncc1)c1ccc(OC)c(OC2CCCC2)c1.Cl. The van der Waals surface area contributed by atoms with Crippen molar-refractivity contribution in [1.82, 2.24) is 4.98 Å². The van der Waals surface area contributed by atoms with Crippen molar-refractivity contribution in [2.24, 2.45) is 0 Å². The van der Waals surface area contributed by atoms with E-state index in [0.717, 1.165) is 35.5 Å². The number of halogens is 1. The maximum atomic E-state index is 6.20. The predicted molar refractivity (Wildman–Crippen MR) is 100 cm³/mol. The van der Waals surface area contributed by atoms with Gasteiger partial charge in [-0.1, -0.05) is 12.1 Å². The third kappa shape index (κ3) is 4.09. The van der Waals surface area contributed by atoms with E-state index in [4.69, 9.17) is 9.47 Å².